The molecule has 3 aliphatic rings. The average Bonchev–Trinajstić information content (AvgIpc) is 3.60. The van der Waals surface area contributed by atoms with Gasteiger partial charge in [-0.05, 0) is 29.5 Å². The summed E-state index contributed by atoms with van der Waals surface area (Å²) in [6, 6.07) is 29.2. The summed E-state index contributed by atoms with van der Waals surface area (Å²) < 4.78 is 0. The van der Waals surface area contributed by atoms with E-state index in [0.717, 1.165) is 21.9 Å². The highest BCUT2D eigenvalue weighted by atomic mass is 16.2. The highest BCUT2D eigenvalue weighted by molar-refractivity contribution is 6.25. The third-order valence-electron chi connectivity index (χ3n) is 7.79. The fourth-order valence-electron chi connectivity index (χ4n) is 6.16. The third kappa shape index (κ3) is 3.24. The fraction of sp³-hybridized carbons (Fsp3) is 0.167. The van der Waals surface area contributed by atoms with Crippen LogP contribution in [0.5, 0.6) is 0 Å². The molecule has 3 heterocycles. The Kier molecular flexibility index (Phi) is 4.79. The Labute approximate surface area is 213 Å². The lowest BCUT2D eigenvalue weighted by molar-refractivity contribution is -0.120. The summed E-state index contributed by atoms with van der Waals surface area (Å²) in [7, 11) is 0. The SMILES string of the molecule is O=C1[C@@H]2C3C[C@H](CN3C(=O)Nc3ccccc3-c3ccccc3)N2C(=O)N1c1cccc2ccccc12. The monoisotopic (exact) mass is 488 g/mol. The van der Waals surface area contributed by atoms with Gasteiger partial charge in [0, 0.05) is 17.5 Å². The Balaban J connectivity index is 1.17. The van der Waals surface area contributed by atoms with E-state index < -0.39 is 6.04 Å². The predicted molar refractivity (Wildman–Crippen MR) is 142 cm³/mol. The number of anilines is 2. The van der Waals surface area contributed by atoms with Crippen LogP contribution in [-0.4, -0.2) is 52.4 Å². The number of hydrogen-bond donors (Lipinski definition) is 1. The fourth-order valence-corrected chi connectivity index (χ4v) is 6.16. The first-order chi connectivity index (χ1) is 18.1. The van der Waals surface area contributed by atoms with Gasteiger partial charge >= 0.3 is 12.1 Å². The number of rotatable bonds is 3. The number of urea groups is 2. The largest absolute Gasteiger partial charge is 0.332 e. The normalized spacial score (nSPS) is 22.2. The minimum atomic E-state index is -0.666. The van der Waals surface area contributed by atoms with Crippen LogP contribution in [0.15, 0.2) is 97.1 Å². The van der Waals surface area contributed by atoms with Crippen molar-refractivity contribution in [3.8, 4) is 11.1 Å². The van der Waals surface area contributed by atoms with E-state index in [1.807, 2.05) is 97.1 Å². The Hall–Kier alpha value is -4.65. The first kappa shape index (κ1) is 21.6. The van der Waals surface area contributed by atoms with E-state index in [9.17, 15) is 14.4 Å². The maximum absolute atomic E-state index is 13.7. The number of nitrogens with one attached hydrogen (secondary N) is 1. The second-order valence-corrected chi connectivity index (χ2v) is 9.76. The Bertz CT molecular complexity index is 1560. The third-order valence-corrected chi connectivity index (χ3v) is 7.79. The van der Waals surface area contributed by atoms with Gasteiger partial charge in [-0.15, -0.1) is 0 Å². The van der Waals surface area contributed by atoms with Crippen molar-refractivity contribution >= 4 is 40.1 Å². The van der Waals surface area contributed by atoms with Crippen molar-refractivity contribution < 1.29 is 14.4 Å². The van der Waals surface area contributed by atoms with E-state index in [1.165, 1.54) is 4.90 Å². The van der Waals surface area contributed by atoms with E-state index in [-0.39, 0.29) is 30.1 Å². The zero-order valence-corrected chi connectivity index (χ0v) is 20.0. The number of para-hydroxylation sites is 1. The standard InChI is InChI=1S/C30H24N4O3/c35-28-27-26-17-21(33(27)30(37)34(28)25-16-8-12-20-11-4-5-14-23(20)25)18-32(26)29(36)31-24-15-7-6-13-22(24)19-9-2-1-3-10-19/h1-16,21,26-27H,17-18H2,(H,31,36)/t21-,26?,27+/m1/s1. The summed E-state index contributed by atoms with van der Waals surface area (Å²) in [5, 5.41) is 4.89. The molecule has 4 aromatic rings. The lowest BCUT2D eigenvalue weighted by Gasteiger charge is -2.35. The predicted octanol–water partition coefficient (Wildman–Crippen LogP) is 5.33. The van der Waals surface area contributed by atoms with E-state index in [0.29, 0.717) is 24.3 Å². The average molecular weight is 489 g/mol. The summed E-state index contributed by atoms with van der Waals surface area (Å²) in [6.07, 6.45) is 0.610. The zero-order valence-electron chi connectivity index (χ0n) is 20.0. The number of benzene rings is 4. The molecule has 7 nitrogen and oxygen atoms in total. The molecule has 3 saturated heterocycles. The maximum Gasteiger partial charge on any atom is 0.332 e. The van der Waals surface area contributed by atoms with Crippen LogP contribution >= 0.6 is 0 Å². The molecule has 0 saturated carbocycles. The summed E-state index contributed by atoms with van der Waals surface area (Å²) in [6.45, 7) is 0.406. The number of likely N-dealkylation sites (tertiary alicyclic amines) is 1. The first-order valence-corrected chi connectivity index (χ1v) is 12.5. The van der Waals surface area contributed by atoms with Gasteiger partial charge in [-0.25, -0.2) is 14.5 Å². The molecule has 1 N–H and O–H groups in total. The molecular weight excluding hydrogens is 464 g/mol. The Morgan fingerprint density at radius 1 is 0.811 bits per heavy atom. The maximum atomic E-state index is 13.7. The number of carbonyl (C=O) groups excluding carboxylic acids is 3. The molecule has 3 fully saturated rings. The molecule has 4 aromatic carbocycles. The van der Waals surface area contributed by atoms with Crippen LogP contribution in [0.3, 0.4) is 0 Å². The van der Waals surface area contributed by atoms with Gasteiger partial charge in [-0.1, -0.05) is 84.9 Å². The van der Waals surface area contributed by atoms with Gasteiger partial charge in [0.1, 0.15) is 6.04 Å². The summed E-state index contributed by atoms with van der Waals surface area (Å²) in [5.41, 5.74) is 3.24. The molecule has 0 spiro atoms. The number of imide groups is 1. The Morgan fingerprint density at radius 3 is 2.41 bits per heavy atom. The van der Waals surface area contributed by atoms with E-state index >= 15 is 0 Å². The van der Waals surface area contributed by atoms with Crippen molar-refractivity contribution in [1.29, 1.82) is 0 Å². The lowest BCUT2D eigenvalue weighted by Crippen LogP contribution is -2.55. The molecule has 5 amide bonds. The van der Waals surface area contributed by atoms with E-state index in [4.69, 9.17) is 0 Å². The van der Waals surface area contributed by atoms with Gasteiger partial charge in [0.2, 0.25) is 0 Å². The molecule has 7 heteroatoms. The number of nitrogens with zero attached hydrogens (tertiary/aromatic N) is 3. The molecule has 1 unspecified atom stereocenters. The van der Waals surface area contributed by atoms with Crippen LogP contribution in [-0.2, 0) is 4.79 Å². The second kappa shape index (κ2) is 8.20. The van der Waals surface area contributed by atoms with Crippen LogP contribution in [0.1, 0.15) is 6.42 Å². The minimum Gasteiger partial charge on any atom is -0.317 e. The van der Waals surface area contributed by atoms with Crippen molar-refractivity contribution in [2.45, 2.75) is 24.5 Å². The van der Waals surface area contributed by atoms with Crippen LogP contribution in [0.4, 0.5) is 21.0 Å². The lowest BCUT2D eigenvalue weighted by atomic mass is 10.0. The number of hydrogen-bond acceptors (Lipinski definition) is 3. The summed E-state index contributed by atoms with van der Waals surface area (Å²) >= 11 is 0. The van der Waals surface area contributed by atoms with Gasteiger partial charge < -0.3 is 15.1 Å². The molecule has 2 bridgehead atoms. The van der Waals surface area contributed by atoms with Gasteiger partial charge in [0.25, 0.3) is 5.91 Å². The zero-order chi connectivity index (χ0) is 25.1. The molecular formula is C30H24N4O3. The van der Waals surface area contributed by atoms with Crippen molar-refractivity contribution in [2.75, 3.05) is 16.8 Å². The highest BCUT2D eigenvalue weighted by Gasteiger charge is 2.63. The minimum absolute atomic E-state index is 0.179. The van der Waals surface area contributed by atoms with Crippen molar-refractivity contribution in [3.05, 3.63) is 97.1 Å². The topological polar surface area (TPSA) is 73.0 Å². The van der Waals surface area contributed by atoms with Crippen LogP contribution in [0.25, 0.3) is 21.9 Å². The van der Waals surface area contributed by atoms with E-state index in [1.54, 1.807) is 9.80 Å². The number of fused-ring (bicyclic) bond motifs is 6. The quantitative estimate of drug-likeness (QED) is 0.396. The summed E-state index contributed by atoms with van der Waals surface area (Å²) in [5.74, 6) is -0.268. The number of piperazine rings is 1. The van der Waals surface area contributed by atoms with Gasteiger partial charge in [0.05, 0.1) is 23.5 Å². The smallest absolute Gasteiger partial charge is 0.317 e. The van der Waals surface area contributed by atoms with E-state index in [2.05, 4.69) is 5.32 Å². The summed E-state index contributed by atoms with van der Waals surface area (Å²) in [4.78, 5) is 45.4. The van der Waals surface area contributed by atoms with Gasteiger partial charge in [-0.2, -0.15) is 0 Å². The van der Waals surface area contributed by atoms with Crippen molar-refractivity contribution in [1.82, 2.24) is 9.80 Å². The van der Waals surface area contributed by atoms with Gasteiger partial charge in [-0.3, -0.25) is 4.79 Å². The molecule has 3 atom stereocenters. The molecule has 0 aromatic heterocycles. The second-order valence-electron chi connectivity index (χ2n) is 9.76. The van der Waals surface area contributed by atoms with Crippen LogP contribution in [0, 0.1) is 0 Å². The molecule has 3 aliphatic heterocycles. The molecule has 0 radical (unpaired) electrons. The molecule has 37 heavy (non-hydrogen) atoms. The number of carbonyl (C=O) groups is 3. The highest BCUT2D eigenvalue weighted by Crippen LogP contribution is 2.43. The Morgan fingerprint density at radius 2 is 1.54 bits per heavy atom. The van der Waals surface area contributed by atoms with Crippen LogP contribution in [0.2, 0.25) is 0 Å². The van der Waals surface area contributed by atoms with Crippen LogP contribution < -0.4 is 10.2 Å². The van der Waals surface area contributed by atoms with Crippen molar-refractivity contribution in [3.63, 3.8) is 0 Å². The first-order valence-electron chi connectivity index (χ1n) is 12.5. The number of amides is 5. The van der Waals surface area contributed by atoms with Crippen molar-refractivity contribution in [2.24, 2.45) is 0 Å². The molecule has 182 valence electrons. The van der Waals surface area contributed by atoms with Gasteiger partial charge in [0.15, 0.2) is 0 Å². The molecule has 0 aliphatic carbocycles. The molecule has 7 rings (SSSR count).